The van der Waals surface area contributed by atoms with Crippen LogP contribution < -0.4 is 5.73 Å². The highest BCUT2D eigenvalue weighted by molar-refractivity contribution is 5.58. The quantitative estimate of drug-likeness (QED) is 0.785. The van der Waals surface area contributed by atoms with Gasteiger partial charge in [0.15, 0.2) is 0 Å². The Morgan fingerprint density at radius 1 is 1.25 bits per heavy atom. The normalized spacial score (nSPS) is 19.4. The van der Waals surface area contributed by atoms with Gasteiger partial charge in [0.25, 0.3) is 0 Å². The van der Waals surface area contributed by atoms with Crippen LogP contribution in [0.4, 0.5) is 0 Å². The molecule has 1 aromatic carbocycles. The van der Waals surface area contributed by atoms with Crippen LogP contribution in [-0.4, -0.2) is 15.6 Å². The van der Waals surface area contributed by atoms with Crippen LogP contribution in [0.2, 0.25) is 0 Å². The van der Waals surface area contributed by atoms with E-state index in [1.54, 1.807) is 0 Å². The summed E-state index contributed by atoms with van der Waals surface area (Å²) in [6.45, 7) is 0.996. The number of hydrogen-bond donors (Lipinski definition) is 1. The van der Waals surface area contributed by atoms with E-state index >= 15 is 0 Å². The Morgan fingerprint density at radius 2 is 2.06 bits per heavy atom. The molecule has 0 fully saturated rings. The standard InChI is InChI=1S/C13H15N3/c14-11-6-7-16-9-12(15-13(16)8-11)10-4-2-1-3-5-10/h1-5,9,11H,6-8,14H2. The van der Waals surface area contributed by atoms with Crippen molar-refractivity contribution < 1.29 is 0 Å². The van der Waals surface area contributed by atoms with Gasteiger partial charge in [-0.3, -0.25) is 0 Å². The fourth-order valence-electron chi connectivity index (χ4n) is 2.20. The minimum Gasteiger partial charge on any atom is -0.334 e. The summed E-state index contributed by atoms with van der Waals surface area (Å²) in [5.74, 6) is 1.12. The topological polar surface area (TPSA) is 43.8 Å². The summed E-state index contributed by atoms with van der Waals surface area (Å²) in [4.78, 5) is 4.65. The Kier molecular flexibility index (Phi) is 2.26. The molecule has 1 aliphatic rings. The van der Waals surface area contributed by atoms with Gasteiger partial charge in [-0.1, -0.05) is 30.3 Å². The van der Waals surface area contributed by atoms with Crippen molar-refractivity contribution in [2.75, 3.05) is 0 Å². The van der Waals surface area contributed by atoms with E-state index in [-0.39, 0.29) is 6.04 Å². The van der Waals surface area contributed by atoms with Crippen LogP contribution in [0.25, 0.3) is 11.3 Å². The summed E-state index contributed by atoms with van der Waals surface area (Å²) in [5, 5.41) is 0. The molecule has 16 heavy (non-hydrogen) atoms. The average molecular weight is 213 g/mol. The number of nitrogens with zero attached hydrogens (tertiary/aromatic N) is 2. The average Bonchev–Trinajstić information content (AvgIpc) is 2.73. The molecule has 2 aromatic rings. The van der Waals surface area contributed by atoms with Gasteiger partial charge in [-0.05, 0) is 6.42 Å². The van der Waals surface area contributed by atoms with Gasteiger partial charge in [0.1, 0.15) is 5.82 Å². The highest BCUT2D eigenvalue weighted by Crippen LogP contribution is 2.21. The number of nitrogens with two attached hydrogens (primary N) is 1. The van der Waals surface area contributed by atoms with Crippen molar-refractivity contribution in [1.29, 1.82) is 0 Å². The molecular weight excluding hydrogens is 198 g/mol. The molecule has 1 aliphatic heterocycles. The summed E-state index contributed by atoms with van der Waals surface area (Å²) in [7, 11) is 0. The first kappa shape index (κ1) is 9.60. The first-order valence-electron chi connectivity index (χ1n) is 5.70. The Bertz CT molecular complexity index is 487. The van der Waals surface area contributed by atoms with Crippen molar-refractivity contribution in [3.8, 4) is 11.3 Å². The van der Waals surface area contributed by atoms with E-state index in [9.17, 15) is 0 Å². The smallest absolute Gasteiger partial charge is 0.110 e. The highest BCUT2D eigenvalue weighted by atomic mass is 15.1. The molecule has 0 spiro atoms. The van der Waals surface area contributed by atoms with Crippen LogP contribution in [0.1, 0.15) is 12.2 Å². The molecule has 0 saturated carbocycles. The van der Waals surface area contributed by atoms with Crippen molar-refractivity contribution in [2.24, 2.45) is 5.73 Å². The van der Waals surface area contributed by atoms with Crippen LogP contribution >= 0.6 is 0 Å². The predicted molar refractivity (Wildman–Crippen MR) is 64.0 cm³/mol. The molecule has 0 saturated heterocycles. The molecule has 0 bridgehead atoms. The number of aryl methyl sites for hydroxylation is 1. The van der Waals surface area contributed by atoms with Gasteiger partial charge >= 0.3 is 0 Å². The SMILES string of the molecule is NC1CCn2cc(-c3ccccc3)nc2C1. The molecule has 1 atom stereocenters. The second kappa shape index (κ2) is 3.76. The molecule has 0 aliphatic carbocycles. The molecule has 82 valence electrons. The van der Waals surface area contributed by atoms with Crippen molar-refractivity contribution in [3.63, 3.8) is 0 Å². The zero-order valence-electron chi connectivity index (χ0n) is 9.13. The molecule has 3 heteroatoms. The lowest BCUT2D eigenvalue weighted by Crippen LogP contribution is -2.30. The third kappa shape index (κ3) is 1.63. The van der Waals surface area contributed by atoms with Crippen LogP contribution in [-0.2, 0) is 13.0 Å². The fraction of sp³-hybridized carbons (Fsp3) is 0.308. The Morgan fingerprint density at radius 3 is 2.88 bits per heavy atom. The highest BCUT2D eigenvalue weighted by Gasteiger charge is 2.17. The molecule has 2 N–H and O–H groups in total. The third-order valence-corrected chi connectivity index (χ3v) is 3.11. The lowest BCUT2D eigenvalue weighted by Gasteiger charge is -2.18. The number of benzene rings is 1. The monoisotopic (exact) mass is 213 g/mol. The maximum Gasteiger partial charge on any atom is 0.110 e. The molecule has 0 radical (unpaired) electrons. The lowest BCUT2D eigenvalue weighted by atomic mass is 10.1. The maximum absolute atomic E-state index is 5.94. The summed E-state index contributed by atoms with van der Waals surface area (Å²) in [5.41, 5.74) is 8.18. The fourth-order valence-corrected chi connectivity index (χ4v) is 2.20. The van der Waals surface area contributed by atoms with E-state index in [0.717, 1.165) is 30.9 Å². The van der Waals surface area contributed by atoms with E-state index in [2.05, 4.69) is 27.9 Å². The van der Waals surface area contributed by atoms with E-state index in [0.29, 0.717) is 0 Å². The van der Waals surface area contributed by atoms with Crippen LogP contribution in [0.15, 0.2) is 36.5 Å². The van der Waals surface area contributed by atoms with E-state index in [1.165, 1.54) is 5.56 Å². The first-order valence-corrected chi connectivity index (χ1v) is 5.70. The summed E-state index contributed by atoms with van der Waals surface area (Å²) >= 11 is 0. The van der Waals surface area contributed by atoms with Gasteiger partial charge in [0, 0.05) is 30.8 Å². The molecular formula is C13H15N3. The van der Waals surface area contributed by atoms with Crippen molar-refractivity contribution >= 4 is 0 Å². The summed E-state index contributed by atoms with van der Waals surface area (Å²) in [6, 6.07) is 10.6. The summed E-state index contributed by atoms with van der Waals surface area (Å²) in [6.07, 6.45) is 4.08. The van der Waals surface area contributed by atoms with Gasteiger partial charge in [0.2, 0.25) is 0 Å². The van der Waals surface area contributed by atoms with Gasteiger partial charge in [-0.15, -0.1) is 0 Å². The third-order valence-electron chi connectivity index (χ3n) is 3.11. The Hall–Kier alpha value is -1.61. The van der Waals surface area contributed by atoms with E-state index in [4.69, 9.17) is 5.73 Å². The van der Waals surface area contributed by atoms with Crippen LogP contribution in [0, 0.1) is 0 Å². The minimum atomic E-state index is 0.276. The number of hydrogen-bond acceptors (Lipinski definition) is 2. The number of aromatic nitrogens is 2. The molecule has 1 unspecified atom stereocenters. The van der Waals surface area contributed by atoms with Crippen molar-refractivity contribution in [1.82, 2.24) is 9.55 Å². The first-order chi connectivity index (χ1) is 7.83. The predicted octanol–water partition coefficient (Wildman–Crippen LogP) is 1.82. The van der Waals surface area contributed by atoms with Crippen LogP contribution in [0.5, 0.6) is 0 Å². The summed E-state index contributed by atoms with van der Waals surface area (Å²) < 4.78 is 2.23. The van der Waals surface area contributed by atoms with Gasteiger partial charge in [-0.25, -0.2) is 4.98 Å². The molecule has 1 aromatic heterocycles. The van der Waals surface area contributed by atoms with Gasteiger partial charge in [-0.2, -0.15) is 0 Å². The Balaban J connectivity index is 1.99. The maximum atomic E-state index is 5.94. The van der Waals surface area contributed by atoms with Crippen molar-refractivity contribution in [3.05, 3.63) is 42.4 Å². The van der Waals surface area contributed by atoms with E-state index in [1.807, 2.05) is 18.2 Å². The van der Waals surface area contributed by atoms with Gasteiger partial charge < -0.3 is 10.3 Å². The van der Waals surface area contributed by atoms with Crippen molar-refractivity contribution in [2.45, 2.75) is 25.4 Å². The van der Waals surface area contributed by atoms with Gasteiger partial charge in [0.05, 0.1) is 5.69 Å². The molecule has 0 amide bonds. The minimum absolute atomic E-state index is 0.276. The second-order valence-corrected chi connectivity index (χ2v) is 4.35. The Labute approximate surface area is 94.9 Å². The zero-order chi connectivity index (χ0) is 11.0. The zero-order valence-corrected chi connectivity index (χ0v) is 9.13. The number of imidazole rings is 1. The molecule has 3 rings (SSSR count). The lowest BCUT2D eigenvalue weighted by molar-refractivity contribution is 0.463. The van der Waals surface area contributed by atoms with E-state index < -0.39 is 0 Å². The van der Waals surface area contributed by atoms with Crippen LogP contribution in [0.3, 0.4) is 0 Å². The molecule has 3 nitrogen and oxygen atoms in total. The second-order valence-electron chi connectivity index (χ2n) is 4.35. The number of fused-ring (bicyclic) bond motifs is 1. The molecule has 2 heterocycles. The number of rotatable bonds is 1. The largest absolute Gasteiger partial charge is 0.334 e.